The zero-order chi connectivity index (χ0) is 21.7. The molecule has 4 N–H and O–H groups in total. The van der Waals surface area contributed by atoms with Crippen LogP contribution in [0.4, 0.5) is 0 Å². The lowest BCUT2D eigenvalue weighted by Crippen LogP contribution is -2.21. The molecule has 0 aromatic heterocycles. The summed E-state index contributed by atoms with van der Waals surface area (Å²) in [5.41, 5.74) is 18.8. The summed E-state index contributed by atoms with van der Waals surface area (Å²) in [6.45, 7) is 9.31. The van der Waals surface area contributed by atoms with Crippen molar-refractivity contribution in [2.45, 2.75) is 65.7 Å². The van der Waals surface area contributed by atoms with Gasteiger partial charge in [-0.25, -0.2) is 0 Å². The van der Waals surface area contributed by atoms with E-state index in [9.17, 15) is 0 Å². The lowest BCUT2D eigenvalue weighted by atomic mass is 9.76. The smallest absolute Gasteiger partial charge is 0.0341 e. The molecule has 2 heteroatoms. The van der Waals surface area contributed by atoms with Crippen LogP contribution in [0.15, 0.2) is 77.2 Å². The summed E-state index contributed by atoms with van der Waals surface area (Å²) in [5.74, 6) is 2.76. The van der Waals surface area contributed by atoms with Crippen molar-refractivity contribution in [1.29, 1.82) is 0 Å². The average molecular weight is 405 g/mol. The first-order valence-electron chi connectivity index (χ1n) is 11.7. The second-order valence-electron chi connectivity index (χ2n) is 9.82. The van der Waals surface area contributed by atoms with Crippen LogP contribution in [-0.4, -0.2) is 0 Å². The molecule has 0 heterocycles. The van der Waals surface area contributed by atoms with Gasteiger partial charge in [0.05, 0.1) is 0 Å². The van der Waals surface area contributed by atoms with E-state index in [-0.39, 0.29) is 0 Å². The van der Waals surface area contributed by atoms with E-state index in [1.165, 1.54) is 36.0 Å². The van der Waals surface area contributed by atoms with Gasteiger partial charge in [-0.1, -0.05) is 82.7 Å². The topological polar surface area (TPSA) is 52.0 Å². The molecule has 0 amide bonds. The Bertz CT molecular complexity index is 825. The van der Waals surface area contributed by atoms with Crippen molar-refractivity contribution in [2.24, 2.45) is 35.1 Å². The molecule has 2 aliphatic rings. The van der Waals surface area contributed by atoms with E-state index in [1.54, 1.807) is 0 Å². The van der Waals surface area contributed by atoms with E-state index in [0.717, 1.165) is 24.2 Å². The maximum absolute atomic E-state index is 6.72. The number of benzene rings is 1. The zero-order valence-corrected chi connectivity index (χ0v) is 19.3. The number of hydrogen-bond donors (Lipinski definition) is 2. The van der Waals surface area contributed by atoms with Gasteiger partial charge in [0, 0.05) is 17.3 Å². The Kier molecular flexibility index (Phi) is 7.64. The van der Waals surface area contributed by atoms with Crippen LogP contribution in [0.3, 0.4) is 0 Å². The molecule has 0 aliphatic heterocycles. The summed E-state index contributed by atoms with van der Waals surface area (Å²) in [5, 5.41) is 0. The normalized spacial score (nSPS) is 23.9. The Labute approximate surface area is 183 Å². The zero-order valence-electron chi connectivity index (χ0n) is 19.3. The summed E-state index contributed by atoms with van der Waals surface area (Å²) in [7, 11) is 0. The molecule has 0 saturated heterocycles. The number of rotatable bonds is 8. The van der Waals surface area contributed by atoms with Gasteiger partial charge in [0.1, 0.15) is 0 Å². The molecule has 2 aliphatic carbocycles. The van der Waals surface area contributed by atoms with Crippen LogP contribution in [0, 0.1) is 23.7 Å². The van der Waals surface area contributed by atoms with Crippen molar-refractivity contribution in [1.82, 2.24) is 0 Å². The Balaban J connectivity index is 1.66. The fraction of sp³-hybridized carbons (Fsp3) is 0.500. The maximum atomic E-state index is 6.72. The van der Waals surface area contributed by atoms with Gasteiger partial charge in [0.25, 0.3) is 0 Å². The molecular formula is C28H40N2. The minimum Gasteiger partial charge on any atom is -0.399 e. The predicted molar refractivity (Wildman–Crippen MR) is 130 cm³/mol. The van der Waals surface area contributed by atoms with Gasteiger partial charge >= 0.3 is 0 Å². The molecule has 1 aromatic rings. The Morgan fingerprint density at radius 1 is 1.00 bits per heavy atom. The number of nitrogens with two attached hydrogens (primary N) is 2. The summed E-state index contributed by atoms with van der Waals surface area (Å²) < 4.78 is 0. The fourth-order valence-corrected chi connectivity index (χ4v) is 4.97. The quantitative estimate of drug-likeness (QED) is 0.499. The van der Waals surface area contributed by atoms with Gasteiger partial charge < -0.3 is 11.5 Å². The molecule has 0 saturated carbocycles. The number of allylic oxidation sites excluding steroid dienone is 6. The van der Waals surface area contributed by atoms with Crippen molar-refractivity contribution in [3.8, 4) is 0 Å². The lowest BCUT2D eigenvalue weighted by molar-refractivity contribution is 0.389. The molecule has 2 nitrogen and oxygen atoms in total. The molecule has 30 heavy (non-hydrogen) atoms. The SMILES string of the molecule is CC(CCC(C)C1=CC(c2ccccc2)CC(C(C)C)=C1N)CC1C=CC(N)=CC1. The minimum atomic E-state index is 0.440. The van der Waals surface area contributed by atoms with E-state index < -0.39 is 0 Å². The second kappa shape index (κ2) is 10.2. The van der Waals surface area contributed by atoms with Crippen LogP contribution < -0.4 is 11.5 Å². The van der Waals surface area contributed by atoms with Crippen molar-refractivity contribution in [2.75, 3.05) is 0 Å². The molecule has 0 radical (unpaired) electrons. The standard InChI is InChI=1S/C28H40N2/c1-19(2)26-17-24(23-8-6-5-7-9-23)18-27(28(26)30)21(4)11-10-20(3)16-22-12-14-25(29)15-13-22/h5-9,12,14-15,18-22,24H,10-11,13,16-17,29-30H2,1-4H3. The van der Waals surface area contributed by atoms with E-state index in [0.29, 0.717) is 29.6 Å². The lowest BCUT2D eigenvalue weighted by Gasteiger charge is -2.31. The third-order valence-electron chi connectivity index (χ3n) is 6.95. The van der Waals surface area contributed by atoms with Gasteiger partial charge in [-0.05, 0) is 72.1 Å². The average Bonchev–Trinajstić information content (AvgIpc) is 2.74. The monoisotopic (exact) mass is 404 g/mol. The summed E-state index contributed by atoms with van der Waals surface area (Å²) in [6, 6.07) is 10.9. The van der Waals surface area contributed by atoms with Gasteiger partial charge in [0.15, 0.2) is 0 Å². The van der Waals surface area contributed by atoms with E-state index >= 15 is 0 Å². The molecule has 1 aromatic carbocycles. The van der Waals surface area contributed by atoms with Crippen LogP contribution in [0.25, 0.3) is 0 Å². The Morgan fingerprint density at radius 2 is 1.73 bits per heavy atom. The van der Waals surface area contributed by atoms with Gasteiger partial charge in [0.2, 0.25) is 0 Å². The molecule has 0 spiro atoms. The highest BCUT2D eigenvalue weighted by Crippen LogP contribution is 2.40. The fourth-order valence-electron chi connectivity index (χ4n) is 4.97. The Hall–Kier alpha value is -2.22. The van der Waals surface area contributed by atoms with E-state index in [2.05, 4.69) is 82.3 Å². The van der Waals surface area contributed by atoms with Gasteiger partial charge in [-0.2, -0.15) is 0 Å². The highest BCUT2D eigenvalue weighted by molar-refractivity contribution is 5.43. The first kappa shape index (κ1) is 22.5. The van der Waals surface area contributed by atoms with E-state index in [4.69, 9.17) is 11.5 Å². The molecule has 0 fully saturated rings. The third-order valence-corrected chi connectivity index (χ3v) is 6.95. The predicted octanol–water partition coefficient (Wildman–Crippen LogP) is 6.83. The summed E-state index contributed by atoms with van der Waals surface area (Å²) in [4.78, 5) is 0. The van der Waals surface area contributed by atoms with Crippen LogP contribution in [0.1, 0.15) is 71.3 Å². The molecule has 3 rings (SSSR count). The highest BCUT2D eigenvalue weighted by Gasteiger charge is 2.26. The van der Waals surface area contributed by atoms with Gasteiger partial charge in [-0.3, -0.25) is 0 Å². The van der Waals surface area contributed by atoms with Crippen LogP contribution >= 0.6 is 0 Å². The van der Waals surface area contributed by atoms with Crippen molar-refractivity contribution >= 4 is 0 Å². The van der Waals surface area contributed by atoms with Crippen molar-refractivity contribution < 1.29 is 0 Å². The minimum absolute atomic E-state index is 0.440. The van der Waals surface area contributed by atoms with Crippen LogP contribution in [0.5, 0.6) is 0 Å². The first-order chi connectivity index (χ1) is 14.3. The molecule has 0 bridgehead atoms. The van der Waals surface area contributed by atoms with E-state index in [1.807, 2.05) is 0 Å². The van der Waals surface area contributed by atoms with Crippen molar-refractivity contribution in [3.63, 3.8) is 0 Å². The van der Waals surface area contributed by atoms with Crippen LogP contribution in [0.2, 0.25) is 0 Å². The second-order valence-corrected chi connectivity index (χ2v) is 9.82. The maximum Gasteiger partial charge on any atom is 0.0341 e. The molecular weight excluding hydrogens is 364 g/mol. The number of hydrogen-bond acceptors (Lipinski definition) is 2. The first-order valence-corrected chi connectivity index (χ1v) is 11.7. The Morgan fingerprint density at radius 3 is 2.37 bits per heavy atom. The van der Waals surface area contributed by atoms with Crippen molar-refractivity contribution in [3.05, 3.63) is 82.7 Å². The molecule has 4 unspecified atom stereocenters. The molecule has 4 atom stereocenters. The largest absolute Gasteiger partial charge is 0.399 e. The highest BCUT2D eigenvalue weighted by atomic mass is 14.6. The van der Waals surface area contributed by atoms with Crippen LogP contribution in [-0.2, 0) is 0 Å². The summed E-state index contributed by atoms with van der Waals surface area (Å²) in [6.07, 6.45) is 14.8. The van der Waals surface area contributed by atoms with Gasteiger partial charge in [-0.15, -0.1) is 0 Å². The summed E-state index contributed by atoms with van der Waals surface area (Å²) >= 11 is 0. The molecule has 162 valence electrons. The third kappa shape index (κ3) is 5.68.